The van der Waals surface area contributed by atoms with Crippen LogP contribution in [0.4, 0.5) is 4.79 Å². The first kappa shape index (κ1) is 35.0. The van der Waals surface area contributed by atoms with E-state index in [-0.39, 0.29) is 24.4 Å². The van der Waals surface area contributed by atoms with E-state index in [2.05, 4.69) is 60.5 Å². The second-order valence-electron chi connectivity index (χ2n) is 13.6. The fourth-order valence-corrected chi connectivity index (χ4v) is 7.23. The van der Waals surface area contributed by atoms with Crippen LogP contribution in [0.25, 0.3) is 21.2 Å². The SMILES string of the molecule is CC#C[C@@H](CC(=O)OCC)c1ccc(OCc2ccc3scc(-c4ccc(CC5CCN(C(=O)OC(C)(C)C)CC5)cc4C)c3c2)cc1. The van der Waals surface area contributed by atoms with E-state index in [1.807, 2.05) is 56.9 Å². The number of amides is 1. The molecule has 1 aliphatic heterocycles. The second kappa shape index (κ2) is 15.7. The van der Waals surface area contributed by atoms with E-state index in [9.17, 15) is 9.59 Å². The van der Waals surface area contributed by atoms with Crippen molar-refractivity contribution in [3.8, 4) is 28.7 Å². The van der Waals surface area contributed by atoms with Crippen LogP contribution in [0.5, 0.6) is 5.75 Å². The molecular weight excluding hydrogens is 619 g/mol. The number of piperidine rings is 1. The minimum Gasteiger partial charge on any atom is -0.489 e. The van der Waals surface area contributed by atoms with Gasteiger partial charge in [0.05, 0.1) is 18.9 Å². The third-order valence-electron chi connectivity index (χ3n) is 8.69. The summed E-state index contributed by atoms with van der Waals surface area (Å²) in [6.45, 7) is 13.8. The lowest BCUT2D eigenvalue weighted by atomic mass is 9.88. The number of benzene rings is 3. The lowest BCUT2D eigenvalue weighted by Gasteiger charge is -2.33. The van der Waals surface area contributed by atoms with Crippen LogP contribution in [0.15, 0.2) is 66.0 Å². The molecule has 5 rings (SSSR count). The molecule has 1 aliphatic rings. The molecule has 0 radical (unpaired) electrons. The fourth-order valence-electron chi connectivity index (χ4n) is 6.29. The van der Waals surface area contributed by atoms with Crippen molar-refractivity contribution in [3.05, 3.63) is 88.3 Å². The smallest absolute Gasteiger partial charge is 0.410 e. The van der Waals surface area contributed by atoms with Crippen LogP contribution in [-0.2, 0) is 27.3 Å². The zero-order chi connectivity index (χ0) is 34.3. The van der Waals surface area contributed by atoms with Gasteiger partial charge < -0.3 is 19.1 Å². The molecule has 252 valence electrons. The maximum atomic E-state index is 12.5. The third kappa shape index (κ3) is 9.20. The highest BCUT2D eigenvalue weighted by atomic mass is 32.1. The number of hydrogen-bond acceptors (Lipinski definition) is 6. The highest BCUT2D eigenvalue weighted by molar-refractivity contribution is 7.17. The number of nitrogens with zero attached hydrogens (tertiary/aromatic N) is 1. The Labute approximate surface area is 289 Å². The molecule has 0 aliphatic carbocycles. The number of carbonyl (C=O) groups is 2. The van der Waals surface area contributed by atoms with Gasteiger partial charge in [-0.25, -0.2) is 4.79 Å². The Morgan fingerprint density at radius 1 is 0.979 bits per heavy atom. The molecule has 0 bridgehead atoms. The highest BCUT2D eigenvalue weighted by Gasteiger charge is 2.27. The van der Waals surface area contributed by atoms with Gasteiger partial charge in [0.15, 0.2) is 0 Å². The summed E-state index contributed by atoms with van der Waals surface area (Å²) in [4.78, 5) is 26.4. The van der Waals surface area contributed by atoms with Crippen LogP contribution in [0.2, 0.25) is 0 Å². The van der Waals surface area contributed by atoms with Gasteiger partial charge in [-0.15, -0.1) is 17.3 Å². The van der Waals surface area contributed by atoms with Gasteiger partial charge in [-0.05, 0) is 124 Å². The summed E-state index contributed by atoms with van der Waals surface area (Å²) in [7, 11) is 0. The molecule has 2 heterocycles. The molecule has 0 saturated carbocycles. The van der Waals surface area contributed by atoms with E-state index >= 15 is 0 Å². The largest absolute Gasteiger partial charge is 0.489 e. The van der Waals surface area contributed by atoms with Gasteiger partial charge in [-0.2, -0.15) is 0 Å². The van der Waals surface area contributed by atoms with Gasteiger partial charge in [0.1, 0.15) is 18.0 Å². The number of likely N-dealkylation sites (tertiary alicyclic amines) is 1. The van der Waals surface area contributed by atoms with Gasteiger partial charge in [0, 0.05) is 28.7 Å². The van der Waals surface area contributed by atoms with Gasteiger partial charge in [0.25, 0.3) is 0 Å². The van der Waals surface area contributed by atoms with Crippen LogP contribution < -0.4 is 4.74 Å². The monoisotopic (exact) mass is 665 g/mol. The second-order valence-corrected chi connectivity index (χ2v) is 14.5. The first-order chi connectivity index (χ1) is 23.0. The Balaban J connectivity index is 1.21. The Morgan fingerprint density at radius 2 is 1.71 bits per heavy atom. The maximum absolute atomic E-state index is 12.5. The first-order valence-corrected chi connectivity index (χ1v) is 17.8. The molecule has 7 heteroatoms. The molecule has 1 aromatic heterocycles. The average Bonchev–Trinajstić information content (AvgIpc) is 3.46. The van der Waals surface area contributed by atoms with Crippen LogP contribution in [0.1, 0.15) is 82.1 Å². The molecule has 0 N–H and O–H groups in total. The zero-order valence-corrected chi connectivity index (χ0v) is 29.9. The molecule has 4 aromatic rings. The molecule has 6 nitrogen and oxygen atoms in total. The molecule has 3 aromatic carbocycles. The summed E-state index contributed by atoms with van der Waals surface area (Å²) < 4.78 is 18.1. The standard InChI is InChI=1S/C41H47NO5S/c1-7-9-33(25-39(43)45-8-2)32-12-14-34(15-13-32)46-26-31-11-17-38-36(24-31)37(27-48-38)35-16-10-30(22-28(35)3)23-29-18-20-42(21-19-29)40(44)47-41(4,5)6/h10-17,22,24,27,29,33H,8,18-21,23,25-26H2,1-6H3/t33-/m0/s1. The van der Waals surface area contributed by atoms with Crippen molar-refractivity contribution in [2.75, 3.05) is 19.7 Å². The lowest BCUT2D eigenvalue weighted by Crippen LogP contribution is -2.42. The van der Waals surface area contributed by atoms with E-state index in [0.717, 1.165) is 49.2 Å². The van der Waals surface area contributed by atoms with Crippen molar-refractivity contribution < 1.29 is 23.8 Å². The summed E-state index contributed by atoms with van der Waals surface area (Å²) >= 11 is 1.77. The van der Waals surface area contributed by atoms with Gasteiger partial charge in [-0.1, -0.05) is 42.3 Å². The minimum absolute atomic E-state index is 0.201. The molecule has 1 atom stereocenters. The summed E-state index contributed by atoms with van der Waals surface area (Å²) in [5.74, 6) is 6.94. The molecular formula is C41H47NO5S. The quantitative estimate of drug-likeness (QED) is 0.125. The van der Waals surface area contributed by atoms with Crippen molar-refractivity contribution in [1.82, 2.24) is 4.90 Å². The summed E-state index contributed by atoms with van der Waals surface area (Å²) in [5, 5.41) is 3.50. The highest BCUT2D eigenvalue weighted by Crippen LogP contribution is 2.37. The number of fused-ring (bicyclic) bond motifs is 1. The van der Waals surface area contributed by atoms with Crippen molar-refractivity contribution in [2.24, 2.45) is 5.92 Å². The lowest BCUT2D eigenvalue weighted by molar-refractivity contribution is -0.143. The Kier molecular flexibility index (Phi) is 11.5. The van der Waals surface area contributed by atoms with E-state index in [0.29, 0.717) is 19.1 Å². The van der Waals surface area contributed by atoms with Crippen molar-refractivity contribution in [3.63, 3.8) is 0 Å². The van der Waals surface area contributed by atoms with Crippen LogP contribution >= 0.6 is 11.3 Å². The third-order valence-corrected chi connectivity index (χ3v) is 9.66. The number of carbonyl (C=O) groups excluding carboxylic acids is 2. The van der Waals surface area contributed by atoms with E-state index in [1.165, 1.54) is 32.3 Å². The molecule has 0 unspecified atom stereocenters. The summed E-state index contributed by atoms with van der Waals surface area (Å²) in [6, 6.07) is 21.3. The minimum atomic E-state index is -0.465. The predicted octanol–water partition coefficient (Wildman–Crippen LogP) is 9.71. The molecule has 1 fully saturated rings. The Bertz CT molecular complexity index is 1780. The average molecular weight is 666 g/mol. The number of thiophene rings is 1. The molecule has 1 amide bonds. The van der Waals surface area contributed by atoms with Gasteiger partial charge >= 0.3 is 12.1 Å². The number of hydrogen-bond donors (Lipinski definition) is 0. The number of aryl methyl sites for hydroxylation is 1. The van der Waals surface area contributed by atoms with Crippen molar-refractivity contribution >= 4 is 33.5 Å². The number of ether oxygens (including phenoxy) is 3. The molecule has 0 spiro atoms. The fraction of sp³-hybridized carbons (Fsp3) is 0.415. The van der Waals surface area contributed by atoms with Crippen LogP contribution in [0.3, 0.4) is 0 Å². The first-order valence-electron chi connectivity index (χ1n) is 16.9. The van der Waals surface area contributed by atoms with Crippen molar-refractivity contribution in [2.45, 2.75) is 85.4 Å². The summed E-state index contributed by atoms with van der Waals surface area (Å²) in [6.07, 6.45) is 3.04. The topological polar surface area (TPSA) is 65.1 Å². The normalized spacial score (nSPS) is 14.2. The van der Waals surface area contributed by atoms with E-state index in [1.54, 1.807) is 18.3 Å². The Hall–Kier alpha value is -4.28. The number of rotatable bonds is 10. The zero-order valence-electron chi connectivity index (χ0n) is 29.1. The molecule has 1 saturated heterocycles. The maximum Gasteiger partial charge on any atom is 0.410 e. The summed E-state index contributed by atoms with van der Waals surface area (Å²) in [5.41, 5.74) is 6.74. The van der Waals surface area contributed by atoms with Crippen LogP contribution in [0, 0.1) is 24.7 Å². The van der Waals surface area contributed by atoms with Crippen LogP contribution in [-0.4, -0.2) is 42.3 Å². The van der Waals surface area contributed by atoms with Gasteiger partial charge in [0.2, 0.25) is 0 Å². The molecule has 48 heavy (non-hydrogen) atoms. The Morgan fingerprint density at radius 3 is 2.38 bits per heavy atom. The van der Waals surface area contributed by atoms with E-state index < -0.39 is 5.60 Å². The van der Waals surface area contributed by atoms with E-state index in [4.69, 9.17) is 14.2 Å². The number of esters is 1. The van der Waals surface area contributed by atoms with Crippen molar-refractivity contribution in [1.29, 1.82) is 0 Å². The predicted molar refractivity (Wildman–Crippen MR) is 194 cm³/mol. The van der Waals surface area contributed by atoms with Gasteiger partial charge in [-0.3, -0.25) is 4.79 Å².